The van der Waals surface area contributed by atoms with Gasteiger partial charge in [0.2, 0.25) is 0 Å². The minimum absolute atomic E-state index is 0.0908. The number of nitrogens with one attached hydrogen (secondary N) is 1. The quantitative estimate of drug-likeness (QED) is 0.920. The van der Waals surface area contributed by atoms with Crippen LogP contribution in [0.5, 0.6) is 0 Å². The molecule has 1 atom stereocenters. The average molecular weight is 324 g/mol. The predicted molar refractivity (Wildman–Crippen MR) is 93.7 cm³/mol. The second-order valence-electron chi connectivity index (χ2n) is 6.93. The summed E-state index contributed by atoms with van der Waals surface area (Å²) in [7, 11) is 0. The Morgan fingerprint density at radius 3 is 2.79 bits per heavy atom. The standard InChI is InChI=1S/C19H24N4O/c1-13-6-8-15(9-7-13)23-17-5-3-4-16(17)18(21-23)19(24)22-11-10-20-12-14(22)2/h6-9,14,20H,3-5,10-12H2,1-2H3/t14-/m1/s1. The molecule has 0 radical (unpaired) electrons. The van der Waals surface area contributed by atoms with Crippen molar-refractivity contribution in [3.63, 3.8) is 0 Å². The fourth-order valence-electron chi connectivity index (χ4n) is 3.79. The molecule has 126 valence electrons. The highest BCUT2D eigenvalue weighted by Crippen LogP contribution is 2.29. The molecular formula is C19H24N4O. The van der Waals surface area contributed by atoms with Crippen LogP contribution >= 0.6 is 0 Å². The molecule has 2 heterocycles. The van der Waals surface area contributed by atoms with Gasteiger partial charge in [-0.15, -0.1) is 0 Å². The van der Waals surface area contributed by atoms with Gasteiger partial charge in [0.15, 0.2) is 5.69 Å². The first kappa shape index (κ1) is 15.4. The van der Waals surface area contributed by atoms with E-state index in [1.165, 1.54) is 11.3 Å². The lowest BCUT2D eigenvalue weighted by Gasteiger charge is -2.33. The third-order valence-electron chi connectivity index (χ3n) is 5.17. The molecule has 0 unspecified atom stereocenters. The number of aryl methyl sites for hydroxylation is 1. The molecule has 1 amide bonds. The Morgan fingerprint density at radius 2 is 2.04 bits per heavy atom. The van der Waals surface area contributed by atoms with E-state index >= 15 is 0 Å². The van der Waals surface area contributed by atoms with E-state index in [0.717, 1.165) is 50.1 Å². The minimum atomic E-state index is 0.0908. The zero-order valence-electron chi connectivity index (χ0n) is 14.4. The fourth-order valence-corrected chi connectivity index (χ4v) is 3.79. The van der Waals surface area contributed by atoms with E-state index in [1.807, 2.05) is 9.58 Å². The van der Waals surface area contributed by atoms with Crippen LogP contribution in [-0.4, -0.2) is 46.3 Å². The van der Waals surface area contributed by atoms with Crippen molar-refractivity contribution in [3.05, 3.63) is 46.8 Å². The number of hydrogen-bond donors (Lipinski definition) is 1. The van der Waals surface area contributed by atoms with Gasteiger partial charge in [0, 0.05) is 36.9 Å². The molecule has 2 aliphatic rings. The van der Waals surface area contributed by atoms with Crippen LogP contribution < -0.4 is 5.32 Å². The SMILES string of the molecule is Cc1ccc(-n2nc(C(=O)N3CCNC[C@H]3C)c3c2CCC3)cc1. The molecule has 0 spiro atoms. The summed E-state index contributed by atoms with van der Waals surface area (Å²) in [5.74, 6) is 0.0908. The Labute approximate surface area is 142 Å². The minimum Gasteiger partial charge on any atom is -0.332 e. The van der Waals surface area contributed by atoms with Gasteiger partial charge in [0.1, 0.15) is 0 Å². The topological polar surface area (TPSA) is 50.2 Å². The van der Waals surface area contributed by atoms with Gasteiger partial charge in [-0.3, -0.25) is 4.79 Å². The molecule has 1 fully saturated rings. The molecule has 0 saturated carbocycles. The summed E-state index contributed by atoms with van der Waals surface area (Å²) in [6, 6.07) is 8.58. The number of hydrogen-bond acceptors (Lipinski definition) is 3. The van der Waals surface area contributed by atoms with Crippen LogP contribution in [0.4, 0.5) is 0 Å². The van der Waals surface area contributed by atoms with E-state index in [-0.39, 0.29) is 11.9 Å². The largest absolute Gasteiger partial charge is 0.332 e. The third-order valence-corrected chi connectivity index (χ3v) is 5.17. The average Bonchev–Trinajstić information content (AvgIpc) is 3.18. The second-order valence-corrected chi connectivity index (χ2v) is 6.93. The monoisotopic (exact) mass is 324 g/mol. The van der Waals surface area contributed by atoms with E-state index in [0.29, 0.717) is 5.69 Å². The summed E-state index contributed by atoms with van der Waals surface area (Å²) in [5, 5.41) is 8.09. The Bertz CT molecular complexity index is 762. The number of rotatable bonds is 2. The van der Waals surface area contributed by atoms with Crippen molar-refractivity contribution in [1.29, 1.82) is 0 Å². The zero-order chi connectivity index (χ0) is 16.7. The molecule has 1 aromatic heterocycles. The lowest BCUT2D eigenvalue weighted by Crippen LogP contribution is -2.52. The summed E-state index contributed by atoms with van der Waals surface area (Å²) in [5.41, 5.74) is 5.31. The van der Waals surface area contributed by atoms with Crippen molar-refractivity contribution >= 4 is 5.91 Å². The second kappa shape index (κ2) is 6.06. The number of aromatic nitrogens is 2. The molecule has 5 heteroatoms. The molecule has 0 bridgehead atoms. The van der Waals surface area contributed by atoms with Gasteiger partial charge in [-0.25, -0.2) is 4.68 Å². The molecule has 1 aromatic carbocycles. The smallest absolute Gasteiger partial charge is 0.274 e. The van der Waals surface area contributed by atoms with Crippen molar-refractivity contribution in [2.45, 2.75) is 39.2 Å². The van der Waals surface area contributed by atoms with Crippen LogP contribution in [0.3, 0.4) is 0 Å². The van der Waals surface area contributed by atoms with Gasteiger partial charge in [-0.2, -0.15) is 5.10 Å². The van der Waals surface area contributed by atoms with E-state index in [4.69, 9.17) is 5.10 Å². The number of carbonyl (C=O) groups excluding carboxylic acids is 1. The van der Waals surface area contributed by atoms with Gasteiger partial charge < -0.3 is 10.2 Å². The molecule has 1 N–H and O–H groups in total. The summed E-state index contributed by atoms with van der Waals surface area (Å²) in [6.07, 6.45) is 3.07. The first-order chi connectivity index (χ1) is 11.6. The van der Waals surface area contributed by atoms with Crippen LogP contribution in [0.15, 0.2) is 24.3 Å². The van der Waals surface area contributed by atoms with Gasteiger partial charge >= 0.3 is 0 Å². The molecule has 1 aliphatic heterocycles. The van der Waals surface area contributed by atoms with Crippen molar-refractivity contribution in [1.82, 2.24) is 20.0 Å². The number of amides is 1. The van der Waals surface area contributed by atoms with E-state index in [2.05, 4.69) is 43.4 Å². The maximum atomic E-state index is 13.1. The molecule has 24 heavy (non-hydrogen) atoms. The van der Waals surface area contributed by atoms with E-state index in [9.17, 15) is 4.79 Å². The molecular weight excluding hydrogens is 300 g/mol. The van der Waals surface area contributed by atoms with Crippen molar-refractivity contribution < 1.29 is 4.79 Å². The fraction of sp³-hybridized carbons (Fsp3) is 0.474. The lowest BCUT2D eigenvalue weighted by molar-refractivity contribution is 0.0648. The summed E-state index contributed by atoms with van der Waals surface area (Å²) in [4.78, 5) is 15.1. The highest BCUT2D eigenvalue weighted by atomic mass is 16.2. The molecule has 4 rings (SSSR count). The molecule has 1 aliphatic carbocycles. The van der Waals surface area contributed by atoms with Gasteiger partial charge in [-0.1, -0.05) is 17.7 Å². The first-order valence-corrected chi connectivity index (χ1v) is 8.84. The Kier molecular flexibility index (Phi) is 3.88. The summed E-state index contributed by atoms with van der Waals surface area (Å²) >= 11 is 0. The molecule has 2 aromatic rings. The molecule has 5 nitrogen and oxygen atoms in total. The van der Waals surface area contributed by atoms with Crippen LogP contribution in [0, 0.1) is 6.92 Å². The number of fused-ring (bicyclic) bond motifs is 1. The zero-order valence-corrected chi connectivity index (χ0v) is 14.4. The van der Waals surface area contributed by atoms with Gasteiger partial charge in [-0.05, 0) is 45.2 Å². The normalized spacial score (nSPS) is 20.2. The number of carbonyl (C=O) groups is 1. The first-order valence-electron chi connectivity index (χ1n) is 8.84. The predicted octanol–water partition coefficient (Wildman–Crippen LogP) is 2.10. The van der Waals surface area contributed by atoms with Crippen LogP contribution in [-0.2, 0) is 12.8 Å². The maximum absolute atomic E-state index is 13.1. The summed E-state index contributed by atoms with van der Waals surface area (Å²) < 4.78 is 1.99. The molecule has 1 saturated heterocycles. The number of nitrogens with zero attached hydrogens (tertiary/aromatic N) is 3. The van der Waals surface area contributed by atoms with Gasteiger partial charge in [0.25, 0.3) is 5.91 Å². The van der Waals surface area contributed by atoms with E-state index in [1.54, 1.807) is 0 Å². The Balaban J connectivity index is 1.73. The third kappa shape index (κ3) is 2.53. The number of benzene rings is 1. The Morgan fingerprint density at radius 1 is 1.25 bits per heavy atom. The van der Waals surface area contributed by atoms with Crippen molar-refractivity contribution in [3.8, 4) is 5.69 Å². The summed E-state index contributed by atoms with van der Waals surface area (Å²) in [6.45, 7) is 6.65. The highest BCUT2D eigenvalue weighted by molar-refractivity contribution is 5.94. The van der Waals surface area contributed by atoms with Crippen LogP contribution in [0.25, 0.3) is 5.69 Å². The van der Waals surface area contributed by atoms with Crippen molar-refractivity contribution in [2.75, 3.05) is 19.6 Å². The van der Waals surface area contributed by atoms with Crippen LogP contribution in [0.1, 0.15) is 40.7 Å². The van der Waals surface area contributed by atoms with Gasteiger partial charge in [0.05, 0.1) is 5.69 Å². The van der Waals surface area contributed by atoms with Crippen LogP contribution in [0.2, 0.25) is 0 Å². The van der Waals surface area contributed by atoms with E-state index < -0.39 is 0 Å². The highest BCUT2D eigenvalue weighted by Gasteiger charge is 2.32. The maximum Gasteiger partial charge on any atom is 0.274 e. The number of piperazine rings is 1. The van der Waals surface area contributed by atoms with Crippen molar-refractivity contribution in [2.24, 2.45) is 0 Å². The Hall–Kier alpha value is -2.14. The lowest BCUT2D eigenvalue weighted by atomic mass is 10.1.